The lowest BCUT2D eigenvalue weighted by Gasteiger charge is -2.18. The molecule has 0 radical (unpaired) electrons. The number of esters is 3. The number of rotatable bonds is 39. The molecule has 0 amide bonds. The first-order valence-corrected chi connectivity index (χ1v) is 22.3. The molecule has 0 aromatic carbocycles. The van der Waals surface area contributed by atoms with Gasteiger partial charge in [0.1, 0.15) is 13.2 Å². The van der Waals surface area contributed by atoms with Crippen LogP contribution in [0.25, 0.3) is 0 Å². The van der Waals surface area contributed by atoms with E-state index in [0.29, 0.717) is 19.3 Å². The van der Waals surface area contributed by atoms with Crippen molar-refractivity contribution in [3.8, 4) is 0 Å². The Morgan fingerprint density at radius 3 is 1.17 bits per heavy atom. The Kier molecular flexibility index (Phi) is 40.6. The standard InChI is InChI=1S/C48H82O6/c1-4-7-10-13-16-18-20-22-23-24-25-27-28-30-32-35-38-41-47(50)53-44-45(43-52-46(49)40-37-34-15-12-9-6-3)54-48(51)42-39-36-33-31-29-26-21-19-17-14-11-8-5-2/h7,10,16,18-19,21-23,25,27,45H,4-6,8-9,11-15,17,20,24,26,28-44H2,1-3H3/b10-7-,18-16-,21-19-,23-22-,27-25-. The van der Waals surface area contributed by atoms with Crippen molar-refractivity contribution in [1.82, 2.24) is 0 Å². The molecule has 0 fully saturated rings. The molecule has 1 unspecified atom stereocenters. The van der Waals surface area contributed by atoms with Gasteiger partial charge in [0.15, 0.2) is 6.10 Å². The average molecular weight is 755 g/mol. The van der Waals surface area contributed by atoms with E-state index in [1.807, 2.05) is 0 Å². The van der Waals surface area contributed by atoms with Crippen LogP contribution in [-0.2, 0) is 28.6 Å². The Balaban J connectivity index is 4.33. The van der Waals surface area contributed by atoms with Gasteiger partial charge in [0.2, 0.25) is 0 Å². The van der Waals surface area contributed by atoms with Crippen LogP contribution in [0.15, 0.2) is 60.8 Å². The van der Waals surface area contributed by atoms with Crippen molar-refractivity contribution in [3.63, 3.8) is 0 Å². The summed E-state index contributed by atoms with van der Waals surface area (Å²) in [6.45, 7) is 6.40. The maximum Gasteiger partial charge on any atom is 0.306 e. The number of carbonyl (C=O) groups excluding carboxylic acids is 3. The van der Waals surface area contributed by atoms with Crippen LogP contribution in [0.5, 0.6) is 0 Å². The van der Waals surface area contributed by atoms with E-state index in [1.54, 1.807) is 0 Å². The molecule has 0 saturated carbocycles. The molecular weight excluding hydrogens is 673 g/mol. The molecule has 6 nitrogen and oxygen atoms in total. The minimum Gasteiger partial charge on any atom is -0.462 e. The van der Waals surface area contributed by atoms with Crippen molar-refractivity contribution in [1.29, 1.82) is 0 Å². The summed E-state index contributed by atoms with van der Waals surface area (Å²) in [6, 6.07) is 0. The minimum atomic E-state index is -0.783. The van der Waals surface area contributed by atoms with Gasteiger partial charge in [-0.15, -0.1) is 0 Å². The van der Waals surface area contributed by atoms with Crippen molar-refractivity contribution in [2.75, 3.05) is 13.2 Å². The minimum absolute atomic E-state index is 0.0862. The second-order valence-corrected chi connectivity index (χ2v) is 14.6. The van der Waals surface area contributed by atoms with Crippen LogP contribution >= 0.6 is 0 Å². The maximum atomic E-state index is 12.7. The van der Waals surface area contributed by atoms with Crippen LogP contribution < -0.4 is 0 Å². The lowest BCUT2D eigenvalue weighted by Crippen LogP contribution is -2.30. The van der Waals surface area contributed by atoms with Crippen LogP contribution in [0.2, 0.25) is 0 Å². The normalized spacial score (nSPS) is 12.6. The third-order valence-electron chi connectivity index (χ3n) is 9.26. The first-order chi connectivity index (χ1) is 26.5. The third-order valence-corrected chi connectivity index (χ3v) is 9.26. The number of carbonyl (C=O) groups is 3. The highest BCUT2D eigenvalue weighted by molar-refractivity contribution is 5.71. The molecule has 0 aromatic heterocycles. The van der Waals surface area contributed by atoms with E-state index in [2.05, 4.69) is 81.5 Å². The van der Waals surface area contributed by atoms with Gasteiger partial charge in [-0.3, -0.25) is 14.4 Å². The third kappa shape index (κ3) is 40.3. The molecule has 0 rings (SSSR count). The lowest BCUT2D eigenvalue weighted by molar-refractivity contribution is -0.167. The van der Waals surface area contributed by atoms with Crippen molar-refractivity contribution in [2.24, 2.45) is 0 Å². The summed E-state index contributed by atoms with van der Waals surface area (Å²) in [6.07, 6.45) is 50.8. The molecular formula is C48H82O6. The number of allylic oxidation sites excluding steroid dienone is 10. The molecule has 0 aliphatic heterocycles. The number of hydrogen-bond donors (Lipinski definition) is 0. The van der Waals surface area contributed by atoms with Crippen molar-refractivity contribution in [2.45, 2.75) is 213 Å². The van der Waals surface area contributed by atoms with E-state index in [4.69, 9.17) is 14.2 Å². The second-order valence-electron chi connectivity index (χ2n) is 14.6. The van der Waals surface area contributed by atoms with Gasteiger partial charge in [-0.2, -0.15) is 0 Å². The van der Waals surface area contributed by atoms with E-state index in [0.717, 1.165) is 109 Å². The molecule has 0 saturated heterocycles. The summed E-state index contributed by atoms with van der Waals surface area (Å²) in [7, 11) is 0. The molecule has 0 bridgehead atoms. The zero-order valence-corrected chi connectivity index (χ0v) is 35.2. The molecule has 0 heterocycles. The van der Waals surface area contributed by atoms with Crippen LogP contribution in [0, 0.1) is 0 Å². The molecule has 54 heavy (non-hydrogen) atoms. The molecule has 0 N–H and O–H groups in total. The van der Waals surface area contributed by atoms with Gasteiger partial charge >= 0.3 is 17.9 Å². The summed E-state index contributed by atoms with van der Waals surface area (Å²) in [5.41, 5.74) is 0. The summed E-state index contributed by atoms with van der Waals surface area (Å²) in [5.74, 6) is -0.934. The van der Waals surface area contributed by atoms with Crippen molar-refractivity contribution < 1.29 is 28.6 Å². The fourth-order valence-electron chi connectivity index (χ4n) is 5.90. The van der Waals surface area contributed by atoms with Crippen molar-refractivity contribution >= 4 is 17.9 Å². The SMILES string of the molecule is CC/C=C\C/C=C\C/C=C\C/C=C\CCCCCCC(=O)OCC(COC(=O)CCCCCCCC)OC(=O)CCCCCCC/C=C\CCCCCC. The van der Waals surface area contributed by atoms with E-state index in [9.17, 15) is 14.4 Å². The summed E-state index contributed by atoms with van der Waals surface area (Å²) < 4.78 is 16.6. The molecule has 0 aromatic rings. The number of hydrogen-bond acceptors (Lipinski definition) is 6. The Hall–Kier alpha value is -2.89. The summed E-state index contributed by atoms with van der Waals surface area (Å²) in [5, 5.41) is 0. The maximum absolute atomic E-state index is 12.7. The van der Waals surface area contributed by atoms with Gasteiger partial charge < -0.3 is 14.2 Å². The predicted molar refractivity (Wildman–Crippen MR) is 228 cm³/mol. The molecule has 0 aliphatic carbocycles. The Bertz CT molecular complexity index is 1010. The van der Waals surface area contributed by atoms with Crippen LogP contribution in [-0.4, -0.2) is 37.2 Å². The molecule has 0 spiro atoms. The van der Waals surface area contributed by atoms with Crippen molar-refractivity contribution in [3.05, 3.63) is 60.8 Å². The number of unbranched alkanes of at least 4 members (excludes halogenated alkanes) is 18. The Labute approximate surface area is 332 Å². The smallest absolute Gasteiger partial charge is 0.306 e. The molecule has 310 valence electrons. The topological polar surface area (TPSA) is 78.9 Å². The summed E-state index contributed by atoms with van der Waals surface area (Å²) in [4.78, 5) is 37.5. The largest absolute Gasteiger partial charge is 0.462 e. The summed E-state index contributed by atoms with van der Waals surface area (Å²) >= 11 is 0. The fourth-order valence-corrected chi connectivity index (χ4v) is 5.90. The number of ether oxygens (including phenoxy) is 3. The quantitative estimate of drug-likeness (QED) is 0.0269. The first-order valence-electron chi connectivity index (χ1n) is 22.3. The van der Waals surface area contributed by atoms with Crippen LogP contribution in [0.1, 0.15) is 207 Å². The Morgan fingerprint density at radius 2 is 0.722 bits per heavy atom. The monoisotopic (exact) mass is 755 g/mol. The fraction of sp³-hybridized carbons (Fsp3) is 0.729. The molecule has 0 aliphatic rings. The zero-order valence-electron chi connectivity index (χ0n) is 35.2. The molecule has 1 atom stereocenters. The van der Waals surface area contributed by atoms with Gasteiger partial charge in [0, 0.05) is 19.3 Å². The lowest BCUT2D eigenvalue weighted by atomic mass is 10.1. The van der Waals surface area contributed by atoms with Gasteiger partial charge in [-0.1, -0.05) is 165 Å². The first kappa shape index (κ1) is 51.1. The highest BCUT2D eigenvalue weighted by Crippen LogP contribution is 2.12. The van der Waals surface area contributed by atoms with E-state index in [-0.39, 0.29) is 31.1 Å². The van der Waals surface area contributed by atoms with Crippen LogP contribution in [0.4, 0.5) is 0 Å². The van der Waals surface area contributed by atoms with Gasteiger partial charge in [-0.25, -0.2) is 0 Å². The zero-order chi connectivity index (χ0) is 39.4. The average Bonchev–Trinajstić information content (AvgIpc) is 3.17. The Morgan fingerprint density at radius 1 is 0.389 bits per heavy atom. The van der Waals surface area contributed by atoms with Gasteiger partial charge in [0.05, 0.1) is 0 Å². The van der Waals surface area contributed by atoms with Gasteiger partial charge in [-0.05, 0) is 83.5 Å². The van der Waals surface area contributed by atoms with E-state index < -0.39 is 6.10 Å². The highest BCUT2D eigenvalue weighted by Gasteiger charge is 2.19. The van der Waals surface area contributed by atoms with Gasteiger partial charge in [0.25, 0.3) is 0 Å². The highest BCUT2D eigenvalue weighted by atomic mass is 16.6. The predicted octanol–water partition coefficient (Wildman–Crippen LogP) is 14.1. The van der Waals surface area contributed by atoms with E-state index in [1.165, 1.54) is 57.8 Å². The second kappa shape index (κ2) is 42.8. The molecule has 6 heteroatoms. The van der Waals surface area contributed by atoms with E-state index >= 15 is 0 Å². The van der Waals surface area contributed by atoms with Crippen LogP contribution in [0.3, 0.4) is 0 Å².